The van der Waals surface area contributed by atoms with Gasteiger partial charge in [-0.2, -0.15) is 0 Å². The van der Waals surface area contributed by atoms with E-state index >= 15 is 0 Å². The molecule has 2 unspecified atom stereocenters. The van der Waals surface area contributed by atoms with Crippen LogP contribution in [0.5, 0.6) is 0 Å². The second-order valence-electron chi connectivity index (χ2n) is 16.8. The van der Waals surface area contributed by atoms with Gasteiger partial charge in [-0.3, -0.25) is 0 Å². The molecular formula is C39H74F14O8P2S2. The SMILES string of the molecule is CCCCP(CCCC)(CCCC)(CCCC)OS(=O)(=O)C(F)(F)C(F)OC(F)(F)C(F)(F)F.CCCCP(CCCC)(CCCC)(CCCC)OS(=O)(=O)C(F)(F)C(F)OC(F)(F)F. The molecule has 0 saturated carbocycles. The average Bonchev–Trinajstić information content (AvgIpc) is 3.19. The van der Waals surface area contributed by atoms with Gasteiger partial charge in [-0.15, -0.1) is 0 Å². The van der Waals surface area contributed by atoms with Crippen molar-refractivity contribution >= 4 is 33.9 Å². The van der Waals surface area contributed by atoms with Crippen LogP contribution in [0.25, 0.3) is 0 Å². The number of alkyl halides is 14. The molecule has 0 bridgehead atoms. The van der Waals surface area contributed by atoms with E-state index in [4.69, 9.17) is 7.94 Å². The van der Waals surface area contributed by atoms with Crippen molar-refractivity contribution in [3.05, 3.63) is 0 Å². The number of hydrogen-bond acceptors (Lipinski definition) is 8. The van der Waals surface area contributed by atoms with Gasteiger partial charge in [0.1, 0.15) is 0 Å². The summed E-state index contributed by atoms with van der Waals surface area (Å²) in [5.41, 5.74) is 0. The summed E-state index contributed by atoms with van der Waals surface area (Å²) in [5.74, 6) is 0. The van der Waals surface area contributed by atoms with E-state index in [1.165, 1.54) is 0 Å². The Morgan fingerprint density at radius 3 is 0.754 bits per heavy atom. The van der Waals surface area contributed by atoms with Gasteiger partial charge in [0.2, 0.25) is 0 Å². The average molecular weight is 1060 g/mol. The normalized spacial score (nSPS) is 16.2. The number of hydrogen-bond donors (Lipinski definition) is 0. The van der Waals surface area contributed by atoms with Gasteiger partial charge >= 0.3 is 379 Å². The fourth-order valence-corrected chi connectivity index (χ4v) is 27.2. The van der Waals surface area contributed by atoms with E-state index in [0.29, 0.717) is 103 Å². The topological polar surface area (TPSA) is 105 Å². The van der Waals surface area contributed by atoms with Gasteiger partial charge in [0.15, 0.2) is 0 Å². The summed E-state index contributed by atoms with van der Waals surface area (Å²) in [6.45, 7) is 6.80. The molecule has 0 radical (unpaired) electrons. The Kier molecular flexibility index (Phi) is 28.0. The molecule has 0 aliphatic heterocycles. The molecule has 0 rings (SSSR count). The van der Waals surface area contributed by atoms with Crippen LogP contribution >= 0.6 is 13.7 Å². The van der Waals surface area contributed by atoms with E-state index in [0.717, 1.165) is 0 Å². The molecule has 0 N–H and O–H groups in total. The molecule has 0 aliphatic carbocycles. The predicted molar refractivity (Wildman–Crippen MR) is 231 cm³/mol. The molecule has 0 amide bonds. The summed E-state index contributed by atoms with van der Waals surface area (Å²) in [6, 6.07) is 0. The van der Waals surface area contributed by atoms with E-state index in [9.17, 15) is 78.3 Å². The molecule has 65 heavy (non-hydrogen) atoms. The van der Waals surface area contributed by atoms with E-state index < -0.39 is 75.8 Å². The van der Waals surface area contributed by atoms with E-state index in [1.807, 2.05) is 27.7 Å². The Balaban J connectivity index is 0. The Morgan fingerprint density at radius 2 is 0.585 bits per heavy atom. The Labute approximate surface area is 378 Å². The van der Waals surface area contributed by atoms with Crippen molar-refractivity contribution in [1.82, 2.24) is 0 Å². The minimum absolute atomic E-state index is 0.147. The fourth-order valence-electron chi connectivity index (χ4n) is 7.44. The molecule has 0 aromatic heterocycles. The van der Waals surface area contributed by atoms with Gasteiger partial charge in [0.05, 0.1) is 0 Å². The van der Waals surface area contributed by atoms with Crippen LogP contribution in [0.4, 0.5) is 61.5 Å². The van der Waals surface area contributed by atoms with Crippen LogP contribution in [-0.2, 0) is 37.6 Å². The Morgan fingerprint density at radius 1 is 0.385 bits per heavy atom. The zero-order valence-corrected chi connectivity index (χ0v) is 42.3. The first-order chi connectivity index (χ1) is 29.5. The van der Waals surface area contributed by atoms with Crippen molar-refractivity contribution in [2.24, 2.45) is 0 Å². The molecule has 0 aromatic rings. The van der Waals surface area contributed by atoms with Crippen LogP contribution in [-0.4, -0.2) is 108 Å². The van der Waals surface area contributed by atoms with Crippen LogP contribution in [0.1, 0.15) is 158 Å². The zero-order valence-electron chi connectivity index (χ0n) is 38.9. The number of rotatable bonds is 35. The van der Waals surface area contributed by atoms with Crippen LogP contribution < -0.4 is 0 Å². The number of unbranched alkanes of at least 4 members (excludes halogenated alkanes) is 8. The summed E-state index contributed by atoms with van der Waals surface area (Å²) >= 11 is 0. The quantitative estimate of drug-likeness (QED) is 0.0457. The summed E-state index contributed by atoms with van der Waals surface area (Å²) < 4.78 is 252. The third-order valence-corrected chi connectivity index (χ3v) is 29.5. The summed E-state index contributed by atoms with van der Waals surface area (Å²) in [5, 5.41) is -11.3. The third-order valence-electron chi connectivity index (χ3n) is 11.2. The fraction of sp³-hybridized carbons (Fsp3) is 1.00. The summed E-state index contributed by atoms with van der Waals surface area (Å²) in [4.78, 5) is 0. The molecule has 0 aromatic carbocycles. The minimum atomic E-state index is -6.53. The Bertz CT molecular complexity index is 1480. The molecule has 0 fully saturated rings. The van der Waals surface area contributed by atoms with Crippen molar-refractivity contribution < 1.29 is 95.7 Å². The van der Waals surface area contributed by atoms with E-state index in [1.54, 1.807) is 27.7 Å². The first kappa shape index (κ1) is 66.7. The first-order valence-corrected chi connectivity index (χ1v) is 31.0. The van der Waals surface area contributed by atoms with Crippen LogP contribution in [0.15, 0.2) is 0 Å². The van der Waals surface area contributed by atoms with E-state index in [-0.39, 0.29) is 49.3 Å². The molecule has 26 heteroatoms. The molecule has 2 atom stereocenters. The molecule has 0 heterocycles. The van der Waals surface area contributed by atoms with E-state index in [2.05, 4.69) is 9.47 Å². The second-order valence-corrected chi connectivity index (χ2v) is 31.9. The molecule has 8 nitrogen and oxygen atoms in total. The van der Waals surface area contributed by atoms with Crippen molar-refractivity contribution in [2.75, 3.05) is 49.3 Å². The van der Waals surface area contributed by atoms with Crippen molar-refractivity contribution in [3.8, 4) is 0 Å². The van der Waals surface area contributed by atoms with Crippen molar-refractivity contribution in [1.29, 1.82) is 0 Å². The van der Waals surface area contributed by atoms with Crippen LogP contribution in [0, 0.1) is 0 Å². The monoisotopic (exact) mass is 1060 g/mol. The predicted octanol–water partition coefficient (Wildman–Crippen LogP) is 15.5. The molecule has 0 saturated heterocycles. The Hall–Kier alpha value is -0.380. The molecule has 0 aliphatic rings. The summed E-state index contributed by atoms with van der Waals surface area (Å²) in [6.07, 6.45) is -17.5. The van der Waals surface area contributed by atoms with Crippen LogP contribution in [0.2, 0.25) is 0 Å². The van der Waals surface area contributed by atoms with Crippen molar-refractivity contribution in [3.63, 3.8) is 0 Å². The van der Waals surface area contributed by atoms with Gasteiger partial charge in [0.25, 0.3) is 0 Å². The number of halogens is 14. The molecule has 0 spiro atoms. The van der Waals surface area contributed by atoms with Crippen molar-refractivity contribution in [2.45, 2.75) is 200 Å². The molecule has 398 valence electrons. The van der Waals surface area contributed by atoms with Gasteiger partial charge in [-0.1, -0.05) is 0 Å². The van der Waals surface area contributed by atoms with Gasteiger partial charge in [-0.25, -0.2) is 0 Å². The maximum absolute atomic E-state index is 14.6. The molecular weight excluding hydrogens is 988 g/mol. The van der Waals surface area contributed by atoms with Gasteiger partial charge in [-0.05, 0) is 0 Å². The standard InChI is InChI=1S/C20H37F8O4PS.C19H37F6O4PS/c1-5-9-13-33(14-10-6-2,15-11-7-3,16-12-8-4)32-34(29,30)18(22,23)17(21)31-20(27,28)19(24,25)26;1-5-9-13-30(14-10-6-2,15-11-7-3,16-12-8-4)29-31(26,27)18(21,22)17(20)28-19(23,24)25/h17H,5-16H2,1-4H3;17H,5-16H2,1-4H3. The maximum atomic E-state index is 14.6. The van der Waals surface area contributed by atoms with Gasteiger partial charge < -0.3 is 0 Å². The second kappa shape index (κ2) is 27.3. The number of ether oxygens (including phenoxy) is 2. The summed E-state index contributed by atoms with van der Waals surface area (Å²) in [7, 11) is -12.3. The zero-order chi connectivity index (χ0) is 51.3. The van der Waals surface area contributed by atoms with Crippen LogP contribution in [0.3, 0.4) is 0 Å². The first-order valence-electron chi connectivity index (χ1n) is 22.4. The third kappa shape index (κ3) is 19.7. The van der Waals surface area contributed by atoms with Gasteiger partial charge in [0, 0.05) is 0 Å².